The minimum Gasteiger partial charge on any atom is -0.480 e. The number of sulfone groups is 1. The highest BCUT2D eigenvalue weighted by molar-refractivity contribution is 7.93. The molecule has 0 rings (SSSR count). The second kappa shape index (κ2) is 3.57. The molecule has 0 bridgehead atoms. The summed E-state index contributed by atoms with van der Waals surface area (Å²) >= 11 is 0. The summed E-state index contributed by atoms with van der Waals surface area (Å²) in [5.74, 6) is -2.01. The van der Waals surface area contributed by atoms with Crippen LogP contribution >= 0.6 is 0 Å². The van der Waals surface area contributed by atoms with Crippen molar-refractivity contribution in [2.75, 3.05) is 11.1 Å². The van der Waals surface area contributed by atoms with Crippen molar-refractivity contribution in [2.24, 2.45) is 0 Å². The standard InChI is InChI=1S/C6H14O4SSi/c1-12(2,3)5-11(9,10)4-6(7)8/h4-5H2,1-3H3,(H,7,8). The average Bonchev–Trinajstić information content (AvgIpc) is 1.48. The highest BCUT2D eigenvalue weighted by Crippen LogP contribution is 2.05. The maximum Gasteiger partial charge on any atom is 0.318 e. The molecular weight excluding hydrogens is 196 g/mol. The summed E-state index contributed by atoms with van der Waals surface area (Å²) in [6, 6.07) is 0. The Bertz CT molecular complexity index is 262. The van der Waals surface area contributed by atoms with Crippen LogP contribution in [0.15, 0.2) is 0 Å². The smallest absolute Gasteiger partial charge is 0.318 e. The fourth-order valence-corrected chi connectivity index (χ4v) is 6.96. The first-order chi connectivity index (χ1) is 5.12. The normalized spacial score (nSPS) is 12.9. The number of carbonyl (C=O) groups is 1. The van der Waals surface area contributed by atoms with Crippen molar-refractivity contribution in [3.63, 3.8) is 0 Å². The second-order valence-electron chi connectivity index (χ2n) is 3.99. The van der Waals surface area contributed by atoms with Gasteiger partial charge in [-0.25, -0.2) is 8.42 Å². The van der Waals surface area contributed by atoms with Crippen LogP contribution in [0.5, 0.6) is 0 Å². The van der Waals surface area contributed by atoms with Crippen LogP contribution in [-0.4, -0.2) is 38.7 Å². The van der Waals surface area contributed by atoms with Gasteiger partial charge in [-0.05, 0) is 0 Å². The highest BCUT2D eigenvalue weighted by atomic mass is 32.2. The Labute approximate surface area is 73.5 Å². The van der Waals surface area contributed by atoms with Crippen molar-refractivity contribution in [2.45, 2.75) is 19.6 Å². The zero-order valence-electron chi connectivity index (χ0n) is 7.49. The summed E-state index contributed by atoms with van der Waals surface area (Å²) in [5, 5.41) is 8.33. The molecule has 72 valence electrons. The molecule has 0 amide bonds. The van der Waals surface area contributed by atoms with Crippen molar-refractivity contribution < 1.29 is 18.3 Å². The maximum absolute atomic E-state index is 11.1. The molecule has 0 aliphatic heterocycles. The molecule has 0 aromatic heterocycles. The number of hydrogen-bond donors (Lipinski definition) is 1. The van der Waals surface area contributed by atoms with Crippen LogP contribution in [0.3, 0.4) is 0 Å². The zero-order valence-corrected chi connectivity index (χ0v) is 9.31. The maximum atomic E-state index is 11.1. The van der Waals surface area contributed by atoms with Crippen molar-refractivity contribution in [3.05, 3.63) is 0 Å². The summed E-state index contributed by atoms with van der Waals surface area (Å²) in [7, 11) is -5.09. The first-order valence-corrected chi connectivity index (χ1v) is 9.07. The van der Waals surface area contributed by atoms with Crippen LogP contribution < -0.4 is 0 Å². The molecule has 0 aliphatic carbocycles. The summed E-state index contributed by atoms with van der Waals surface area (Å²) in [6.45, 7) is 5.69. The van der Waals surface area contributed by atoms with Crippen LogP contribution in [0.25, 0.3) is 0 Å². The van der Waals surface area contributed by atoms with Gasteiger partial charge in [0.15, 0.2) is 9.84 Å². The van der Waals surface area contributed by atoms with E-state index in [1.807, 2.05) is 19.6 Å². The van der Waals surface area contributed by atoms with Crippen molar-refractivity contribution >= 4 is 23.9 Å². The van der Waals surface area contributed by atoms with E-state index in [0.29, 0.717) is 0 Å². The van der Waals surface area contributed by atoms with E-state index in [1.165, 1.54) is 0 Å². The molecule has 0 fully saturated rings. The fourth-order valence-electron chi connectivity index (χ4n) is 0.899. The van der Waals surface area contributed by atoms with Gasteiger partial charge in [-0.3, -0.25) is 4.79 Å². The minimum atomic E-state index is -3.38. The Morgan fingerprint density at radius 1 is 1.33 bits per heavy atom. The zero-order chi connectivity index (χ0) is 9.99. The lowest BCUT2D eigenvalue weighted by Gasteiger charge is -2.14. The Balaban J connectivity index is 4.36. The number of aliphatic carboxylic acids is 1. The number of carboxylic acid groups (broad SMARTS) is 1. The SMILES string of the molecule is C[Si](C)(C)CS(=O)(=O)CC(=O)O. The molecule has 0 spiro atoms. The van der Waals surface area contributed by atoms with Gasteiger partial charge < -0.3 is 5.11 Å². The molecule has 0 aliphatic rings. The Kier molecular flexibility index (Phi) is 3.46. The van der Waals surface area contributed by atoms with Gasteiger partial charge in [0.1, 0.15) is 5.75 Å². The van der Waals surface area contributed by atoms with Gasteiger partial charge in [-0.15, -0.1) is 0 Å². The first-order valence-electron chi connectivity index (χ1n) is 3.55. The van der Waals surface area contributed by atoms with E-state index in [9.17, 15) is 13.2 Å². The molecule has 0 aromatic rings. The van der Waals surface area contributed by atoms with Crippen molar-refractivity contribution in [1.82, 2.24) is 0 Å². The van der Waals surface area contributed by atoms with Gasteiger partial charge >= 0.3 is 5.97 Å². The van der Waals surface area contributed by atoms with E-state index < -0.39 is 29.6 Å². The van der Waals surface area contributed by atoms with Gasteiger partial charge in [-0.1, -0.05) is 19.6 Å². The lowest BCUT2D eigenvalue weighted by atomic mass is 10.8. The first kappa shape index (κ1) is 11.6. The van der Waals surface area contributed by atoms with E-state index in [-0.39, 0.29) is 5.38 Å². The summed E-state index contributed by atoms with van der Waals surface area (Å²) in [5.41, 5.74) is 0. The van der Waals surface area contributed by atoms with Gasteiger partial charge in [0.25, 0.3) is 0 Å². The van der Waals surface area contributed by atoms with Gasteiger partial charge in [-0.2, -0.15) is 0 Å². The van der Waals surface area contributed by atoms with Gasteiger partial charge in [0, 0.05) is 5.38 Å². The van der Waals surface area contributed by atoms with E-state index in [1.54, 1.807) is 0 Å². The summed E-state index contributed by atoms with van der Waals surface area (Å²) in [4.78, 5) is 10.1. The molecule has 0 saturated heterocycles. The van der Waals surface area contributed by atoms with E-state index in [4.69, 9.17) is 5.11 Å². The Morgan fingerprint density at radius 3 is 2.00 bits per heavy atom. The molecule has 0 unspecified atom stereocenters. The lowest BCUT2D eigenvalue weighted by Crippen LogP contribution is -2.34. The average molecular weight is 210 g/mol. The molecule has 0 saturated carbocycles. The van der Waals surface area contributed by atoms with Gasteiger partial charge in [0.05, 0.1) is 8.07 Å². The Hall–Kier alpha value is -0.363. The van der Waals surface area contributed by atoms with Crippen LogP contribution in [0, 0.1) is 0 Å². The van der Waals surface area contributed by atoms with Crippen LogP contribution in [0.4, 0.5) is 0 Å². The topological polar surface area (TPSA) is 71.4 Å². The number of carboxylic acids is 1. The van der Waals surface area contributed by atoms with Gasteiger partial charge in [0.2, 0.25) is 0 Å². The highest BCUT2D eigenvalue weighted by Gasteiger charge is 2.25. The second-order valence-corrected chi connectivity index (χ2v) is 12.0. The number of hydrogen-bond acceptors (Lipinski definition) is 3. The molecule has 0 heterocycles. The molecule has 4 nitrogen and oxygen atoms in total. The predicted octanol–water partition coefficient (Wildman–Crippen LogP) is 0.363. The van der Waals surface area contributed by atoms with Crippen LogP contribution in [0.1, 0.15) is 0 Å². The molecule has 12 heavy (non-hydrogen) atoms. The quantitative estimate of drug-likeness (QED) is 0.680. The van der Waals surface area contributed by atoms with Crippen molar-refractivity contribution in [3.8, 4) is 0 Å². The van der Waals surface area contributed by atoms with Crippen LogP contribution in [-0.2, 0) is 14.6 Å². The summed E-state index contributed by atoms with van der Waals surface area (Å²) in [6.07, 6.45) is 0. The molecule has 6 heteroatoms. The largest absolute Gasteiger partial charge is 0.480 e. The molecule has 0 atom stereocenters. The lowest BCUT2D eigenvalue weighted by molar-refractivity contribution is -0.134. The third-order valence-electron chi connectivity index (χ3n) is 0.996. The van der Waals surface area contributed by atoms with Crippen molar-refractivity contribution in [1.29, 1.82) is 0 Å². The predicted molar refractivity (Wildman–Crippen MR) is 49.6 cm³/mol. The summed E-state index contributed by atoms with van der Waals surface area (Å²) < 4.78 is 22.2. The fraction of sp³-hybridized carbons (Fsp3) is 0.833. The number of rotatable bonds is 4. The molecular formula is C6H14O4SSi. The Morgan fingerprint density at radius 2 is 1.75 bits per heavy atom. The van der Waals surface area contributed by atoms with E-state index in [0.717, 1.165) is 0 Å². The molecule has 1 N–H and O–H groups in total. The third kappa shape index (κ3) is 6.35. The molecule has 0 aromatic carbocycles. The minimum absolute atomic E-state index is 0.0479. The molecule has 0 radical (unpaired) electrons. The van der Waals surface area contributed by atoms with E-state index >= 15 is 0 Å². The van der Waals surface area contributed by atoms with Crippen LogP contribution in [0.2, 0.25) is 19.6 Å². The van der Waals surface area contributed by atoms with E-state index in [2.05, 4.69) is 0 Å². The third-order valence-corrected chi connectivity index (χ3v) is 6.91. The monoisotopic (exact) mass is 210 g/mol.